The molecule has 0 aliphatic heterocycles. The van der Waals surface area contributed by atoms with Crippen LogP contribution in [0.5, 0.6) is 11.5 Å². The van der Waals surface area contributed by atoms with E-state index in [2.05, 4.69) is 39.2 Å². The van der Waals surface area contributed by atoms with Crippen LogP contribution in [0, 0.1) is 0 Å². The van der Waals surface area contributed by atoms with Crippen molar-refractivity contribution < 1.29 is 9.47 Å². The first-order chi connectivity index (χ1) is 11.7. The molecule has 0 unspecified atom stereocenters. The summed E-state index contributed by atoms with van der Waals surface area (Å²) in [6, 6.07) is 7.99. The Hall–Kier alpha value is -1.30. The van der Waals surface area contributed by atoms with Gasteiger partial charge in [0.15, 0.2) is 11.5 Å². The molecule has 0 aliphatic carbocycles. The van der Waals surface area contributed by atoms with Crippen LogP contribution in [0.15, 0.2) is 41.1 Å². The molecule has 4 nitrogen and oxygen atoms in total. The van der Waals surface area contributed by atoms with Crippen molar-refractivity contribution in [3.63, 3.8) is 0 Å². The van der Waals surface area contributed by atoms with Gasteiger partial charge in [0.25, 0.3) is 0 Å². The number of unbranched alkanes of at least 4 members (excludes halogenated alkanes) is 2. The summed E-state index contributed by atoms with van der Waals surface area (Å²) in [6.07, 6.45) is 7.27. The van der Waals surface area contributed by atoms with Crippen molar-refractivity contribution >= 4 is 28.3 Å². The minimum atomic E-state index is 0. The number of methoxy groups -OCH3 is 1. The summed E-state index contributed by atoms with van der Waals surface area (Å²) in [5.41, 5.74) is 2.19. The molecule has 0 atom stereocenters. The monoisotopic (exact) mass is 428 g/mol. The van der Waals surface area contributed by atoms with Crippen LogP contribution in [-0.4, -0.2) is 18.6 Å². The highest BCUT2D eigenvalue weighted by molar-refractivity contribution is 9.10. The van der Waals surface area contributed by atoms with Gasteiger partial charge in [-0.25, -0.2) is 0 Å². The van der Waals surface area contributed by atoms with Crippen LogP contribution in [0.25, 0.3) is 0 Å². The molecule has 2 aromatic rings. The van der Waals surface area contributed by atoms with E-state index in [1.807, 2.05) is 18.2 Å². The average Bonchev–Trinajstić information content (AvgIpc) is 2.61. The van der Waals surface area contributed by atoms with E-state index in [4.69, 9.17) is 9.47 Å². The van der Waals surface area contributed by atoms with Gasteiger partial charge in [-0.3, -0.25) is 4.98 Å². The first-order valence-electron chi connectivity index (χ1n) is 8.33. The Morgan fingerprint density at radius 1 is 1.20 bits per heavy atom. The molecule has 25 heavy (non-hydrogen) atoms. The molecule has 0 spiro atoms. The highest BCUT2D eigenvalue weighted by atomic mass is 79.9. The third-order valence-electron chi connectivity index (χ3n) is 3.68. The molecule has 0 saturated heterocycles. The lowest BCUT2D eigenvalue weighted by molar-refractivity contribution is 0.282. The summed E-state index contributed by atoms with van der Waals surface area (Å²) in [7, 11) is 1.66. The molecule has 1 N–H and O–H groups in total. The summed E-state index contributed by atoms with van der Waals surface area (Å²) in [6.45, 7) is 4.53. The smallest absolute Gasteiger partial charge is 0.175 e. The molecule has 0 amide bonds. The second kappa shape index (κ2) is 12.1. The quantitative estimate of drug-likeness (QED) is 0.531. The second-order valence-corrected chi connectivity index (χ2v) is 6.50. The van der Waals surface area contributed by atoms with Crippen LogP contribution in [0.2, 0.25) is 0 Å². The Morgan fingerprint density at radius 3 is 2.72 bits per heavy atom. The van der Waals surface area contributed by atoms with Crippen LogP contribution in [-0.2, 0) is 13.2 Å². The lowest BCUT2D eigenvalue weighted by Crippen LogP contribution is -2.14. The van der Waals surface area contributed by atoms with E-state index in [1.165, 1.54) is 24.8 Å². The summed E-state index contributed by atoms with van der Waals surface area (Å²) in [5, 5.41) is 3.47. The number of benzene rings is 1. The van der Waals surface area contributed by atoms with E-state index in [0.29, 0.717) is 6.61 Å². The van der Waals surface area contributed by atoms with Crippen molar-refractivity contribution in [2.75, 3.05) is 13.7 Å². The van der Waals surface area contributed by atoms with Crippen LogP contribution in [0.4, 0.5) is 0 Å². The zero-order valence-corrected chi connectivity index (χ0v) is 17.2. The third-order valence-corrected chi connectivity index (χ3v) is 4.27. The molecule has 0 aliphatic rings. The number of hydrogen-bond donors (Lipinski definition) is 1. The van der Waals surface area contributed by atoms with Crippen LogP contribution in [0.1, 0.15) is 37.3 Å². The molecule has 0 fully saturated rings. The van der Waals surface area contributed by atoms with Gasteiger partial charge in [0.1, 0.15) is 6.61 Å². The van der Waals surface area contributed by atoms with E-state index in [1.54, 1.807) is 19.5 Å². The number of nitrogens with one attached hydrogen (secondary N) is 1. The Labute approximate surface area is 164 Å². The Balaban J connectivity index is 0.00000312. The fraction of sp³-hybridized carbons (Fsp3) is 0.421. The molecular weight excluding hydrogens is 404 g/mol. The maximum absolute atomic E-state index is 5.93. The molecular formula is C19H26BrClN2O2. The maximum Gasteiger partial charge on any atom is 0.175 e. The topological polar surface area (TPSA) is 43.4 Å². The summed E-state index contributed by atoms with van der Waals surface area (Å²) < 4.78 is 12.3. The van der Waals surface area contributed by atoms with Crippen molar-refractivity contribution in [3.8, 4) is 11.5 Å². The van der Waals surface area contributed by atoms with Gasteiger partial charge < -0.3 is 14.8 Å². The molecule has 0 bridgehead atoms. The molecule has 0 saturated carbocycles. The van der Waals surface area contributed by atoms with Crippen molar-refractivity contribution in [1.82, 2.24) is 10.3 Å². The van der Waals surface area contributed by atoms with Gasteiger partial charge in [-0.1, -0.05) is 25.8 Å². The predicted molar refractivity (Wildman–Crippen MR) is 108 cm³/mol. The number of nitrogens with zero attached hydrogens (tertiary/aromatic N) is 1. The number of aromatic nitrogens is 1. The summed E-state index contributed by atoms with van der Waals surface area (Å²) in [5.74, 6) is 1.45. The molecule has 1 aromatic heterocycles. The second-order valence-electron chi connectivity index (χ2n) is 5.64. The minimum absolute atomic E-state index is 0. The number of pyridine rings is 1. The lowest BCUT2D eigenvalue weighted by Gasteiger charge is -2.15. The van der Waals surface area contributed by atoms with Crippen LogP contribution < -0.4 is 14.8 Å². The SMILES string of the molecule is CCCCCNCc1cc(Br)c(OCc2cccnc2)c(OC)c1.Cl. The van der Waals surface area contributed by atoms with Gasteiger partial charge in [0, 0.05) is 24.5 Å². The molecule has 1 heterocycles. The molecule has 138 valence electrons. The number of ether oxygens (including phenoxy) is 2. The fourth-order valence-corrected chi connectivity index (χ4v) is 2.99. The van der Waals surface area contributed by atoms with Gasteiger partial charge in [0.2, 0.25) is 0 Å². The molecule has 6 heteroatoms. The highest BCUT2D eigenvalue weighted by Crippen LogP contribution is 2.37. The average molecular weight is 430 g/mol. The standard InChI is InChI=1S/C19H25BrN2O2.ClH/c1-3-4-5-8-21-13-16-10-17(20)19(18(11-16)23-2)24-14-15-7-6-9-22-12-15;/h6-7,9-12,21H,3-5,8,13-14H2,1-2H3;1H. The van der Waals surface area contributed by atoms with Crippen molar-refractivity contribution in [1.29, 1.82) is 0 Å². The summed E-state index contributed by atoms with van der Waals surface area (Å²) >= 11 is 3.60. The van der Waals surface area contributed by atoms with E-state index in [-0.39, 0.29) is 12.4 Å². The largest absolute Gasteiger partial charge is 0.493 e. The summed E-state index contributed by atoms with van der Waals surface area (Å²) in [4.78, 5) is 4.10. The van der Waals surface area contributed by atoms with Crippen LogP contribution in [0.3, 0.4) is 0 Å². The number of hydrogen-bond acceptors (Lipinski definition) is 4. The number of halogens is 2. The third kappa shape index (κ3) is 7.22. The van der Waals surface area contributed by atoms with E-state index < -0.39 is 0 Å². The van der Waals surface area contributed by atoms with Gasteiger partial charge in [-0.2, -0.15) is 0 Å². The predicted octanol–water partition coefficient (Wildman–Crippen LogP) is 5.13. The molecule has 2 rings (SSSR count). The van der Waals surface area contributed by atoms with Crippen molar-refractivity contribution in [3.05, 3.63) is 52.3 Å². The first kappa shape index (κ1) is 21.7. The molecule has 0 radical (unpaired) electrons. The fourth-order valence-electron chi connectivity index (χ4n) is 2.39. The van der Waals surface area contributed by atoms with Gasteiger partial charge >= 0.3 is 0 Å². The zero-order chi connectivity index (χ0) is 17.2. The van der Waals surface area contributed by atoms with E-state index in [9.17, 15) is 0 Å². The van der Waals surface area contributed by atoms with Gasteiger partial charge in [-0.15, -0.1) is 12.4 Å². The first-order valence-corrected chi connectivity index (χ1v) is 9.12. The highest BCUT2D eigenvalue weighted by Gasteiger charge is 2.12. The van der Waals surface area contributed by atoms with Crippen molar-refractivity contribution in [2.45, 2.75) is 39.3 Å². The van der Waals surface area contributed by atoms with Gasteiger partial charge in [-0.05, 0) is 52.7 Å². The lowest BCUT2D eigenvalue weighted by atomic mass is 10.2. The van der Waals surface area contributed by atoms with E-state index in [0.717, 1.165) is 34.6 Å². The van der Waals surface area contributed by atoms with Crippen LogP contribution >= 0.6 is 28.3 Å². The Morgan fingerprint density at radius 2 is 2.04 bits per heavy atom. The van der Waals surface area contributed by atoms with Crippen molar-refractivity contribution in [2.24, 2.45) is 0 Å². The maximum atomic E-state index is 5.93. The molecule has 1 aromatic carbocycles. The Kier molecular flexibility index (Phi) is 10.5. The normalized spacial score (nSPS) is 10.2. The van der Waals surface area contributed by atoms with Gasteiger partial charge in [0.05, 0.1) is 11.6 Å². The zero-order valence-electron chi connectivity index (χ0n) is 14.8. The number of rotatable bonds is 10. The van der Waals surface area contributed by atoms with E-state index >= 15 is 0 Å². The minimum Gasteiger partial charge on any atom is -0.493 e. The Bertz CT molecular complexity index is 626.